The number of hydrogen-bond acceptors (Lipinski definition) is 2. The molecule has 0 spiro atoms. The van der Waals surface area contributed by atoms with Crippen LogP contribution in [-0.4, -0.2) is 17.5 Å². The zero-order valence-corrected chi connectivity index (χ0v) is 16.8. The molecule has 0 atom stereocenters. The fourth-order valence-electron chi connectivity index (χ4n) is 0. The average Bonchev–Trinajstić information content (AvgIpc) is 1.04. The summed E-state index contributed by atoms with van der Waals surface area (Å²) in [6.07, 6.45) is 0. The first kappa shape index (κ1) is 22.1. The third-order valence-electron chi connectivity index (χ3n) is 0. The minimum Gasteiger partial charge on any atom is -1.00 e. The van der Waals surface area contributed by atoms with Gasteiger partial charge in [0.2, 0.25) is 0 Å². The zero-order chi connectivity index (χ0) is 10.9. The second kappa shape index (κ2) is 5.68. The quantitative estimate of drug-likeness (QED) is 0.349. The molecule has 0 rings (SSSR count). The summed E-state index contributed by atoms with van der Waals surface area (Å²) in [6.45, 7) is -5.38. The molecular formula is H3Cl6KO4OsS. The van der Waals surface area contributed by atoms with Gasteiger partial charge in [0.1, 0.15) is 0 Å². The summed E-state index contributed by atoms with van der Waals surface area (Å²) in [7, 11) is 25.7. The summed E-state index contributed by atoms with van der Waals surface area (Å²) in [4.78, 5) is 0. The van der Waals surface area contributed by atoms with Gasteiger partial charge in [0, 0.05) is 0 Å². The summed E-state index contributed by atoms with van der Waals surface area (Å²) in [5.74, 6) is 0. The van der Waals surface area contributed by atoms with E-state index in [1.165, 1.54) is 0 Å². The summed E-state index contributed by atoms with van der Waals surface area (Å²) in [5.41, 5.74) is 0. The molecule has 0 heterocycles. The first-order valence-electron chi connectivity index (χ1n) is 1.50. The topological polar surface area (TPSA) is 74.6 Å². The van der Waals surface area contributed by atoms with E-state index in [4.69, 9.17) is 75.3 Å². The zero-order valence-electron chi connectivity index (χ0n) is 6.74. The van der Waals surface area contributed by atoms with Crippen LogP contribution in [-0.2, 0) is 17.0 Å². The van der Waals surface area contributed by atoms with Crippen LogP contribution < -0.4 is 51.4 Å². The second-order valence-corrected chi connectivity index (χ2v) is 57.2. The van der Waals surface area contributed by atoms with E-state index in [0.29, 0.717) is 0 Å². The Kier molecular flexibility index (Phi) is 9.66. The van der Waals surface area contributed by atoms with Gasteiger partial charge in [-0.25, -0.2) is 0 Å². The van der Waals surface area contributed by atoms with Crippen LogP contribution in [0.25, 0.3) is 0 Å². The maximum absolute atomic E-state index is 8.74. The van der Waals surface area contributed by atoms with E-state index in [-0.39, 0.29) is 52.8 Å². The van der Waals surface area contributed by atoms with E-state index in [1.807, 2.05) is 0 Å². The minimum atomic E-state index is -5.38. The summed E-state index contributed by atoms with van der Waals surface area (Å²) >= 11 is 0. The van der Waals surface area contributed by atoms with Crippen LogP contribution in [0.2, 0.25) is 0 Å². The predicted molar refractivity (Wildman–Crippen MR) is 50.4 cm³/mol. The van der Waals surface area contributed by atoms with Gasteiger partial charge < -0.3 is 1.43 Å². The van der Waals surface area contributed by atoms with Gasteiger partial charge in [-0.2, -0.15) is 8.42 Å². The maximum atomic E-state index is 8.74. The standard InChI is InChI=1S/6ClH.K.H2O4S.Os.H/c;;;;;;;1-5(2,3)4;;/h6*1H;;(H2,1,2,3,4);;/q;;;;;;+1;;+6;-1/p-6. The molecular weight excluding hydrogens is 538 g/mol. The van der Waals surface area contributed by atoms with Gasteiger partial charge in [0.15, 0.2) is 0 Å². The number of hydrogen-bond donors (Lipinski definition) is 2. The fourth-order valence-corrected chi connectivity index (χ4v) is 0. The van der Waals surface area contributed by atoms with Crippen LogP contribution >= 0.6 is 57.8 Å². The van der Waals surface area contributed by atoms with E-state index in [0.717, 1.165) is 0 Å². The molecule has 2 N–H and O–H groups in total. The Morgan fingerprint density at radius 3 is 0.923 bits per heavy atom. The molecule has 0 amide bonds. The Hall–Kier alpha value is 3.88. The van der Waals surface area contributed by atoms with Crippen LogP contribution in [0.4, 0.5) is 0 Å². The van der Waals surface area contributed by atoms with Gasteiger partial charge in [-0.15, -0.1) is 0 Å². The van der Waals surface area contributed by atoms with E-state index in [9.17, 15) is 0 Å². The summed E-state index contributed by atoms with van der Waals surface area (Å²) < 4.78 is 31.6. The fraction of sp³-hybridized carbons (Fsp3) is 0. The van der Waals surface area contributed by atoms with Crippen molar-refractivity contribution in [2.75, 3.05) is 0 Å². The Balaban J connectivity index is -0.0000000651. The van der Waals surface area contributed by atoms with Crippen LogP contribution in [0.3, 0.4) is 0 Å². The van der Waals surface area contributed by atoms with Crippen LogP contribution in [0.1, 0.15) is 1.43 Å². The molecule has 0 aromatic rings. The number of rotatable bonds is 0. The second-order valence-electron chi connectivity index (χ2n) is 1.21. The third-order valence-corrected chi connectivity index (χ3v) is 0. The van der Waals surface area contributed by atoms with Crippen LogP contribution in [0.15, 0.2) is 0 Å². The van der Waals surface area contributed by atoms with Crippen LogP contribution in [0, 0.1) is 0 Å². The molecule has 4 nitrogen and oxygen atoms in total. The molecule has 0 fully saturated rings. The Bertz CT molecular complexity index is 232. The van der Waals surface area contributed by atoms with Crippen molar-refractivity contribution in [3.05, 3.63) is 0 Å². The summed E-state index contributed by atoms with van der Waals surface area (Å²) in [6, 6.07) is 0. The van der Waals surface area contributed by atoms with Crippen molar-refractivity contribution in [3.8, 4) is 0 Å². The third kappa shape index (κ3) is 203. The average molecular weight is 541 g/mol. The molecule has 0 unspecified atom stereocenters. The molecule has 0 aromatic carbocycles. The van der Waals surface area contributed by atoms with Crippen molar-refractivity contribution >= 4 is 68.2 Å². The molecule has 0 aliphatic carbocycles. The van der Waals surface area contributed by atoms with E-state index in [2.05, 4.69) is 0 Å². The smallest absolute Gasteiger partial charge is 1.00 e. The van der Waals surface area contributed by atoms with Crippen molar-refractivity contribution in [1.29, 1.82) is 0 Å². The maximum Gasteiger partial charge on any atom is 1.00 e. The molecule has 0 saturated carbocycles. The molecule has 0 aliphatic rings. The molecule has 0 aromatic heterocycles. The first-order valence-corrected chi connectivity index (χ1v) is 21.8. The predicted octanol–water partition coefficient (Wildman–Crippen LogP) is 0.598. The Morgan fingerprint density at radius 2 is 0.923 bits per heavy atom. The van der Waals surface area contributed by atoms with E-state index in [1.54, 1.807) is 0 Å². The molecule has 0 aliphatic heterocycles. The monoisotopic (exact) mass is 540 g/mol. The summed E-state index contributed by atoms with van der Waals surface area (Å²) in [5, 5.41) is 0. The Morgan fingerprint density at radius 1 is 0.923 bits per heavy atom. The van der Waals surface area contributed by atoms with Gasteiger partial charge >= 0.3 is 126 Å². The van der Waals surface area contributed by atoms with Gasteiger partial charge in [-0.3, -0.25) is 9.11 Å². The SMILES string of the molecule is O=S(=O)(O)O.[Cl][Os]([Cl])([Cl])([Cl])([Cl])[Cl].[H-].[K+]. The molecule has 0 saturated heterocycles. The van der Waals surface area contributed by atoms with Crippen molar-refractivity contribution < 1.29 is 77.0 Å². The van der Waals surface area contributed by atoms with Crippen molar-refractivity contribution in [3.63, 3.8) is 0 Å². The van der Waals surface area contributed by atoms with Gasteiger partial charge in [-0.05, 0) is 0 Å². The number of halogens is 6. The molecule has 0 bridgehead atoms. The minimum absolute atomic E-state index is 0. The largest absolute Gasteiger partial charge is 1.00 e. The molecule has 13 heteroatoms. The van der Waals surface area contributed by atoms with Gasteiger partial charge in [-0.1, -0.05) is 0 Å². The van der Waals surface area contributed by atoms with Crippen molar-refractivity contribution in [1.82, 2.24) is 0 Å². The normalized spacial score (nSPS) is 16.9. The van der Waals surface area contributed by atoms with Gasteiger partial charge in [0.05, 0.1) is 0 Å². The molecule has 0 radical (unpaired) electrons. The van der Waals surface area contributed by atoms with Gasteiger partial charge in [0.25, 0.3) is 0 Å². The molecule has 84 valence electrons. The first-order chi connectivity index (χ1) is 4.45. The van der Waals surface area contributed by atoms with E-state index >= 15 is 0 Å². The Labute approximate surface area is 142 Å². The van der Waals surface area contributed by atoms with Crippen molar-refractivity contribution in [2.24, 2.45) is 0 Å². The van der Waals surface area contributed by atoms with Crippen LogP contribution in [0.5, 0.6) is 0 Å². The van der Waals surface area contributed by atoms with E-state index < -0.39 is 17.0 Å². The molecule has 13 heavy (non-hydrogen) atoms. The van der Waals surface area contributed by atoms with Crippen molar-refractivity contribution in [2.45, 2.75) is 0 Å².